The van der Waals surface area contributed by atoms with Crippen LogP contribution >= 0.6 is 31.0 Å². The van der Waals surface area contributed by atoms with E-state index in [0.717, 1.165) is 11.8 Å². The molecule has 1 amide bonds. The Morgan fingerprint density at radius 3 is 1.69 bits per heavy atom. The molecule has 276 valence electrons. The number of nitrogen functional groups attached to an aromatic ring is 2. The molecule has 6 N–H and O–H groups in total. The van der Waals surface area contributed by atoms with Crippen molar-refractivity contribution in [2.45, 2.75) is 66.5 Å². The largest absolute Gasteiger partial charge is 0.476 e. The van der Waals surface area contributed by atoms with Gasteiger partial charge in [-0.3, -0.25) is 4.79 Å². The number of nitrogens with zero attached hydrogens (tertiary/aromatic N) is 5. The molecule has 0 saturated heterocycles. The van der Waals surface area contributed by atoms with Gasteiger partial charge in [-0.2, -0.15) is 0 Å². The van der Waals surface area contributed by atoms with Gasteiger partial charge in [0.25, 0.3) is 0 Å². The van der Waals surface area contributed by atoms with Crippen molar-refractivity contribution < 1.29 is 58.7 Å². The summed E-state index contributed by atoms with van der Waals surface area (Å²) in [5, 5.41) is 11.2. The Balaban J connectivity index is 0.000000691. The first-order valence-electron chi connectivity index (χ1n) is 13.2. The zero-order valence-corrected chi connectivity index (χ0v) is 29.6. The van der Waals surface area contributed by atoms with Crippen molar-refractivity contribution in [3.8, 4) is 0 Å². The number of hydrogen-bond acceptors (Lipinski definition) is 11. The van der Waals surface area contributed by atoms with E-state index in [2.05, 4.69) is 46.0 Å². The molecule has 14 nitrogen and oxygen atoms in total. The van der Waals surface area contributed by atoms with Crippen molar-refractivity contribution in [2.75, 3.05) is 11.5 Å². The number of aromatic carboxylic acids is 1. The van der Waals surface area contributed by atoms with Gasteiger partial charge >= 0.3 is 44.9 Å². The molecule has 3 aromatic rings. The van der Waals surface area contributed by atoms with Gasteiger partial charge in [0.05, 0.1) is 18.5 Å². The first kappa shape index (κ1) is 44.7. The normalized spacial score (nSPS) is 13.0. The molecule has 0 aliphatic heterocycles. The zero-order chi connectivity index (χ0) is 38.8. The molecule has 23 heteroatoms. The molecule has 0 fully saturated rings. The van der Waals surface area contributed by atoms with Crippen molar-refractivity contribution in [1.82, 2.24) is 25.3 Å². The topological polar surface area (TPSA) is 213 Å². The molecular weight excluding hydrogens is 736 g/mol. The van der Waals surface area contributed by atoms with Crippen LogP contribution in [0.4, 0.5) is 36.8 Å². The number of halogens is 8. The number of carbonyl (C=O) groups is 3. The smallest absolute Gasteiger partial charge is 0.358 e. The van der Waals surface area contributed by atoms with Crippen LogP contribution in [-0.2, 0) is 15.1 Å². The number of amides is 1. The molecule has 3 heterocycles. The number of ether oxygens (including phenoxy) is 1. The summed E-state index contributed by atoms with van der Waals surface area (Å²) >= 11 is 11.0. The van der Waals surface area contributed by atoms with Crippen LogP contribution in [0.5, 0.6) is 0 Å². The van der Waals surface area contributed by atoms with Crippen molar-refractivity contribution in [2.24, 2.45) is 0 Å². The number of carboxylic acids is 1. The maximum absolute atomic E-state index is 11.9. The Morgan fingerprint density at radius 1 is 0.939 bits per heavy atom. The summed E-state index contributed by atoms with van der Waals surface area (Å²) in [4.78, 5) is 48.2. The van der Waals surface area contributed by atoms with E-state index >= 15 is 0 Å². The molecule has 0 saturated carbocycles. The molecular formula is C26H35Cl2F6N8O6P. The number of nitrogens with two attached hydrogens (primary N) is 2. The van der Waals surface area contributed by atoms with Crippen LogP contribution in [0.15, 0.2) is 41.0 Å². The van der Waals surface area contributed by atoms with Crippen LogP contribution < -0.4 is 21.5 Å². The molecule has 0 unspecified atom stereocenters. The predicted octanol–water partition coefficient (Wildman–Crippen LogP) is 7.11. The van der Waals surface area contributed by atoms with Crippen LogP contribution in [0.2, 0.25) is 10.3 Å². The third kappa shape index (κ3) is 22.8. The van der Waals surface area contributed by atoms with Gasteiger partial charge in [-0.1, -0.05) is 23.2 Å². The monoisotopic (exact) mass is 770 g/mol. The summed E-state index contributed by atoms with van der Waals surface area (Å²) < 4.78 is 71.4. The van der Waals surface area contributed by atoms with E-state index in [9.17, 15) is 39.6 Å². The Kier molecular flexibility index (Phi) is 14.6. The number of anilines is 2. The van der Waals surface area contributed by atoms with Gasteiger partial charge in [0.15, 0.2) is 28.8 Å². The molecule has 0 atom stereocenters. The van der Waals surface area contributed by atoms with Crippen LogP contribution in [0.25, 0.3) is 0 Å². The fourth-order valence-electron chi connectivity index (χ4n) is 2.62. The Labute approximate surface area is 286 Å². The van der Waals surface area contributed by atoms with Crippen LogP contribution in [0, 0.1) is 6.92 Å². The number of esters is 1. The average Bonchev–Trinajstić information content (AvgIpc) is 3.31. The van der Waals surface area contributed by atoms with Gasteiger partial charge in [-0.05, 0) is 32.4 Å². The Hall–Kier alpha value is -4.29. The molecule has 0 bridgehead atoms. The number of nitrogens with one attached hydrogen (secondary N) is 1. The van der Waals surface area contributed by atoms with E-state index in [1.807, 2.05) is 44.7 Å². The number of hydrogen-bond donors (Lipinski definition) is 4. The standard InChI is InChI=1S/C13H17ClN4O3.C8H14NO.C5H4ClN3O2.F6P/c1-7(5-9(19)18-13(2,3)4)21-12(20)10-11(15)16-6-8(14)17-10;1-7-5-6-9(10-7)8(2,3)4;6-2-1-8-4(7)3(9-2)5(10)11;1-7(2,3,4,5)6/h5-6H,1-4H3,(H2,15,16)(H,18,19);5-6H,1-4H3;1H,(H2,7,8)(H,10,11);/q;+1;;-1/b7-5+;;;. The molecule has 0 radical (unpaired) electrons. The third-order valence-corrected chi connectivity index (χ3v) is 4.74. The maximum atomic E-state index is 11.9. The summed E-state index contributed by atoms with van der Waals surface area (Å²) in [6.07, 6.45) is 5.52. The summed E-state index contributed by atoms with van der Waals surface area (Å²) in [6.45, 7) is 15.2. The van der Waals surface area contributed by atoms with Crippen molar-refractivity contribution in [3.05, 3.63) is 63.9 Å². The van der Waals surface area contributed by atoms with Crippen LogP contribution in [0.1, 0.15) is 75.2 Å². The number of aryl methyl sites for hydroxylation is 1. The van der Waals surface area contributed by atoms with Crippen LogP contribution in [-0.4, -0.2) is 48.4 Å². The van der Waals surface area contributed by atoms with Crippen molar-refractivity contribution in [3.63, 3.8) is 0 Å². The van der Waals surface area contributed by atoms with Crippen molar-refractivity contribution in [1.29, 1.82) is 0 Å². The second kappa shape index (κ2) is 15.9. The van der Waals surface area contributed by atoms with Gasteiger partial charge in [-0.25, -0.2) is 34.0 Å². The van der Waals surface area contributed by atoms with E-state index in [1.54, 1.807) is 0 Å². The van der Waals surface area contributed by atoms with E-state index in [1.165, 1.54) is 19.3 Å². The van der Waals surface area contributed by atoms with E-state index in [4.69, 9.17) is 49.0 Å². The quantitative estimate of drug-likeness (QED) is 0.0522. The molecule has 0 spiro atoms. The molecule has 0 aliphatic rings. The van der Waals surface area contributed by atoms with Gasteiger partial charge in [0, 0.05) is 39.3 Å². The second-order valence-corrected chi connectivity index (χ2v) is 14.2. The Morgan fingerprint density at radius 2 is 1.37 bits per heavy atom. The van der Waals surface area contributed by atoms with Gasteiger partial charge in [0.1, 0.15) is 16.1 Å². The van der Waals surface area contributed by atoms with E-state index in [-0.39, 0.29) is 56.1 Å². The summed E-state index contributed by atoms with van der Waals surface area (Å²) in [5.74, 6) is -1.63. The first-order chi connectivity index (χ1) is 21.6. The predicted molar refractivity (Wildman–Crippen MR) is 169 cm³/mol. The fraction of sp³-hybridized carbons (Fsp3) is 0.385. The minimum absolute atomic E-state index is 0.0107. The average molecular weight is 771 g/mol. The summed E-state index contributed by atoms with van der Waals surface area (Å²) in [5.41, 5.74) is 9.85. The number of carboxylic acid groups (broad SMARTS) is 1. The number of carbonyl (C=O) groups excluding carboxylic acids is 2. The van der Waals surface area contributed by atoms with Gasteiger partial charge in [-0.15, -0.1) is 0 Å². The minimum Gasteiger partial charge on any atom is -0.476 e. The van der Waals surface area contributed by atoms with Gasteiger partial charge in [0.2, 0.25) is 17.6 Å². The first-order valence-corrected chi connectivity index (χ1v) is 16.0. The SMILES string of the molecule is C/C(=C\C(=O)NC(C)(C)C)OC(=O)c1nc(Cl)cnc1N.Cc1cc[n+](C(C)(C)C)o1.F[P-](F)(F)(F)(F)F.Nc1ncc(Cl)nc1C(=O)O. The maximum Gasteiger partial charge on any atom is 0.358 e. The van der Waals surface area contributed by atoms with E-state index in [0.29, 0.717) is 0 Å². The molecule has 49 heavy (non-hydrogen) atoms. The number of rotatable bonds is 4. The van der Waals surface area contributed by atoms with E-state index < -0.39 is 19.7 Å². The summed E-state index contributed by atoms with van der Waals surface area (Å²) in [7, 11) is -10.7. The minimum atomic E-state index is -10.7. The number of aromatic nitrogens is 5. The second-order valence-electron chi connectivity index (χ2n) is 11.5. The molecule has 3 rings (SSSR count). The Bertz CT molecular complexity index is 1670. The van der Waals surface area contributed by atoms with Crippen LogP contribution in [0.3, 0.4) is 0 Å². The number of allylic oxidation sites excluding steroid dienone is 1. The van der Waals surface area contributed by atoms with Gasteiger partial charge < -0.3 is 26.6 Å². The summed E-state index contributed by atoms with van der Waals surface area (Å²) in [6, 6.07) is 1.96. The molecule has 0 aromatic carbocycles. The van der Waals surface area contributed by atoms with Crippen molar-refractivity contribution >= 4 is 60.5 Å². The fourth-order valence-corrected chi connectivity index (χ4v) is 2.89. The molecule has 0 aliphatic carbocycles. The zero-order valence-electron chi connectivity index (χ0n) is 27.2. The molecule has 3 aromatic heterocycles. The third-order valence-electron chi connectivity index (χ3n) is 4.37.